The third-order valence-corrected chi connectivity index (χ3v) is 11.2. The number of hydrogen-bond acceptors (Lipinski definition) is 3. The van der Waals surface area contributed by atoms with Crippen LogP contribution in [-0.2, 0) is 5.41 Å². The molecular formula is C51H32N2O. The summed E-state index contributed by atoms with van der Waals surface area (Å²) in [5, 5.41) is 3.11. The van der Waals surface area contributed by atoms with Crippen LogP contribution in [0.4, 0.5) is 0 Å². The molecule has 0 fully saturated rings. The molecule has 0 amide bonds. The normalized spacial score (nSPS) is 13.0. The zero-order chi connectivity index (χ0) is 35.6. The topological polar surface area (TPSA) is 38.9 Å². The molecule has 0 radical (unpaired) electrons. The fraction of sp³-hybridized carbons (Fsp3) is 0.0196. The zero-order valence-corrected chi connectivity index (χ0v) is 29.3. The molecule has 0 N–H and O–H groups in total. The minimum absolute atomic E-state index is 0.423. The Morgan fingerprint density at radius 3 is 1.81 bits per heavy atom. The monoisotopic (exact) mass is 688 g/mol. The number of rotatable bonds is 5. The third kappa shape index (κ3) is 4.49. The first-order valence-corrected chi connectivity index (χ1v) is 18.4. The van der Waals surface area contributed by atoms with Crippen LogP contribution in [-0.4, -0.2) is 9.97 Å². The highest BCUT2D eigenvalue weighted by molar-refractivity contribution is 6.21. The van der Waals surface area contributed by atoms with E-state index in [2.05, 4.69) is 170 Å². The third-order valence-electron chi connectivity index (χ3n) is 11.2. The first-order valence-electron chi connectivity index (χ1n) is 18.4. The lowest BCUT2D eigenvalue weighted by molar-refractivity contribution is 0.669. The lowest BCUT2D eigenvalue weighted by Gasteiger charge is -2.33. The summed E-state index contributed by atoms with van der Waals surface area (Å²) in [7, 11) is 0. The van der Waals surface area contributed by atoms with Crippen LogP contribution < -0.4 is 0 Å². The summed E-state index contributed by atoms with van der Waals surface area (Å²) in [6, 6.07) is 69.1. The Bertz CT molecular complexity index is 3000. The Labute approximate surface area is 312 Å². The van der Waals surface area contributed by atoms with Gasteiger partial charge in [0, 0.05) is 27.3 Å². The minimum atomic E-state index is -0.423. The van der Waals surface area contributed by atoms with Crippen molar-refractivity contribution in [1.82, 2.24) is 9.97 Å². The fourth-order valence-corrected chi connectivity index (χ4v) is 8.84. The van der Waals surface area contributed by atoms with Crippen molar-refractivity contribution in [3.8, 4) is 44.9 Å². The Hall–Kier alpha value is -7.10. The van der Waals surface area contributed by atoms with Crippen molar-refractivity contribution in [2.75, 3.05) is 0 Å². The number of aromatic nitrogens is 2. The predicted octanol–water partition coefficient (Wildman–Crippen LogP) is 12.9. The Kier molecular flexibility index (Phi) is 6.77. The molecule has 0 bridgehead atoms. The SMILES string of the molecule is c1ccc(-c2nc(-c3cccc(-c4ccc5c(c4)-c4ccccc4C5(c4ccccc4)c4ccccc4)c3)nc3ccc4oc5ccccc5c4c23)cc1. The average molecular weight is 689 g/mol. The van der Waals surface area contributed by atoms with E-state index < -0.39 is 5.41 Å². The van der Waals surface area contributed by atoms with Gasteiger partial charge in [-0.25, -0.2) is 9.97 Å². The summed E-state index contributed by atoms with van der Waals surface area (Å²) >= 11 is 0. The van der Waals surface area contributed by atoms with Crippen LogP contribution in [0.5, 0.6) is 0 Å². The second-order valence-corrected chi connectivity index (χ2v) is 14.1. The molecule has 10 aromatic rings. The van der Waals surface area contributed by atoms with Gasteiger partial charge in [0.2, 0.25) is 0 Å². The summed E-state index contributed by atoms with van der Waals surface area (Å²) in [4.78, 5) is 10.6. The molecule has 0 spiro atoms. The van der Waals surface area contributed by atoms with Gasteiger partial charge in [0.25, 0.3) is 0 Å². The van der Waals surface area contributed by atoms with E-state index in [0.717, 1.165) is 60.8 Å². The van der Waals surface area contributed by atoms with Gasteiger partial charge in [-0.05, 0) is 74.8 Å². The van der Waals surface area contributed by atoms with Crippen molar-refractivity contribution < 1.29 is 4.42 Å². The minimum Gasteiger partial charge on any atom is -0.456 e. The Balaban J connectivity index is 1.09. The smallest absolute Gasteiger partial charge is 0.160 e. The van der Waals surface area contributed by atoms with Crippen molar-refractivity contribution in [2.45, 2.75) is 5.41 Å². The summed E-state index contributed by atoms with van der Waals surface area (Å²) in [5.74, 6) is 0.689. The number of furan rings is 1. The number of benzene rings is 8. The fourth-order valence-electron chi connectivity index (χ4n) is 8.84. The van der Waals surface area contributed by atoms with Crippen LogP contribution >= 0.6 is 0 Å². The van der Waals surface area contributed by atoms with Crippen molar-refractivity contribution in [3.05, 3.63) is 216 Å². The molecule has 3 nitrogen and oxygen atoms in total. The molecule has 54 heavy (non-hydrogen) atoms. The van der Waals surface area contributed by atoms with Crippen molar-refractivity contribution in [3.63, 3.8) is 0 Å². The van der Waals surface area contributed by atoms with E-state index >= 15 is 0 Å². The molecule has 2 heterocycles. The molecule has 0 saturated carbocycles. The predicted molar refractivity (Wildman–Crippen MR) is 220 cm³/mol. The summed E-state index contributed by atoms with van der Waals surface area (Å²) in [5.41, 5.74) is 15.0. The maximum atomic E-state index is 6.29. The molecule has 8 aromatic carbocycles. The van der Waals surface area contributed by atoms with E-state index in [1.165, 1.54) is 33.4 Å². The lowest BCUT2D eigenvalue weighted by Crippen LogP contribution is -2.28. The second-order valence-electron chi connectivity index (χ2n) is 14.1. The van der Waals surface area contributed by atoms with Gasteiger partial charge in [-0.3, -0.25) is 0 Å². The molecule has 0 saturated heterocycles. The van der Waals surface area contributed by atoms with Gasteiger partial charge in [0.1, 0.15) is 11.2 Å². The van der Waals surface area contributed by atoms with Crippen LogP contribution in [0.1, 0.15) is 22.3 Å². The summed E-state index contributed by atoms with van der Waals surface area (Å²) in [6.07, 6.45) is 0. The molecule has 11 rings (SSSR count). The molecule has 0 aliphatic heterocycles. The maximum Gasteiger partial charge on any atom is 0.160 e. The molecule has 1 aliphatic rings. The summed E-state index contributed by atoms with van der Waals surface area (Å²) < 4.78 is 6.29. The van der Waals surface area contributed by atoms with E-state index in [9.17, 15) is 0 Å². The molecule has 2 aromatic heterocycles. The summed E-state index contributed by atoms with van der Waals surface area (Å²) in [6.45, 7) is 0. The van der Waals surface area contributed by atoms with Crippen LogP contribution in [0.3, 0.4) is 0 Å². The first-order chi connectivity index (χ1) is 26.8. The standard InChI is InChI=1S/C51H32N2O/c1-4-15-33(16-5-1)49-48-44(29-30-46-47(48)40-24-11-13-26-45(40)54-46)52-50(53-49)36-18-14-17-34(31-36)35-27-28-43-41(32-35)39-23-10-12-25-42(39)51(43,37-19-6-2-7-20-37)38-21-8-3-9-22-38/h1-32H. The van der Waals surface area contributed by atoms with E-state index in [1.807, 2.05) is 24.3 Å². The molecule has 1 aliphatic carbocycles. The van der Waals surface area contributed by atoms with E-state index in [0.29, 0.717) is 5.82 Å². The van der Waals surface area contributed by atoms with E-state index in [-0.39, 0.29) is 0 Å². The zero-order valence-electron chi connectivity index (χ0n) is 29.3. The highest BCUT2D eigenvalue weighted by Gasteiger charge is 2.45. The highest BCUT2D eigenvalue weighted by Crippen LogP contribution is 2.56. The van der Waals surface area contributed by atoms with E-state index in [1.54, 1.807) is 0 Å². The van der Waals surface area contributed by atoms with Crippen LogP contribution in [0.25, 0.3) is 77.7 Å². The lowest BCUT2D eigenvalue weighted by atomic mass is 9.67. The van der Waals surface area contributed by atoms with Gasteiger partial charge in [-0.1, -0.05) is 164 Å². The first kappa shape index (κ1) is 30.5. The largest absolute Gasteiger partial charge is 0.456 e. The highest BCUT2D eigenvalue weighted by atomic mass is 16.3. The van der Waals surface area contributed by atoms with Crippen LogP contribution in [0.2, 0.25) is 0 Å². The molecule has 252 valence electrons. The molecule has 0 unspecified atom stereocenters. The van der Waals surface area contributed by atoms with Gasteiger partial charge in [-0.15, -0.1) is 0 Å². The molecule has 0 atom stereocenters. The molecule has 3 heteroatoms. The van der Waals surface area contributed by atoms with Crippen molar-refractivity contribution in [1.29, 1.82) is 0 Å². The van der Waals surface area contributed by atoms with E-state index in [4.69, 9.17) is 14.4 Å². The quantitative estimate of drug-likeness (QED) is 0.181. The van der Waals surface area contributed by atoms with Gasteiger partial charge in [0.05, 0.1) is 16.6 Å². The van der Waals surface area contributed by atoms with Crippen molar-refractivity contribution in [2.24, 2.45) is 0 Å². The van der Waals surface area contributed by atoms with Crippen LogP contribution in [0.15, 0.2) is 199 Å². The van der Waals surface area contributed by atoms with Gasteiger partial charge in [-0.2, -0.15) is 0 Å². The van der Waals surface area contributed by atoms with Gasteiger partial charge < -0.3 is 4.42 Å². The Morgan fingerprint density at radius 1 is 0.389 bits per heavy atom. The number of hydrogen-bond donors (Lipinski definition) is 0. The number of fused-ring (bicyclic) bond motifs is 8. The van der Waals surface area contributed by atoms with Crippen LogP contribution in [0, 0.1) is 0 Å². The number of nitrogens with zero attached hydrogens (tertiary/aromatic N) is 2. The van der Waals surface area contributed by atoms with Gasteiger partial charge in [0.15, 0.2) is 5.82 Å². The second kappa shape index (κ2) is 12.0. The van der Waals surface area contributed by atoms with Gasteiger partial charge >= 0.3 is 0 Å². The average Bonchev–Trinajstić information content (AvgIpc) is 3.78. The number of para-hydroxylation sites is 1. The molecular weight excluding hydrogens is 657 g/mol. The maximum absolute atomic E-state index is 6.29. The van der Waals surface area contributed by atoms with Crippen molar-refractivity contribution >= 4 is 32.8 Å². The Morgan fingerprint density at radius 2 is 1.02 bits per heavy atom.